The Hall–Kier alpha value is -0.660. The van der Waals surface area contributed by atoms with Crippen LogP contribution in [0.5, 0.6) is 0 Å². The standard InChI is InChI=1S/C9H17NO5S/c1-7(11)8(9(12)15-2)10-3-5-16(13,14)6-4-10/h7-8,11H,3-6H2,1-2H3/t7-,8+/m1/s1. The minimum Gasteiger partial charge on any atom is -0.468 e. The highest BCUT2D eigenvalue weighted by Crippen LogP contribution is 2.12. The zero-order valence-corrected chi connectivity index (χ0v) is 10.2. The Morgan fingerprint density at radius 2 is 1.88 bits per heavy atom. The van der Waals surface area contributed by atoms with Gasteiger partial charge in [-0.1, -0.05) is 0 Å². The molecule has 0 aromatic heterocycles. The maximum absolute atomic E-state index is 11.4. The summed E-state index contributed by atoms with van der Waals surface area (Å²) in [5.41, 5.74) is 0. The monoisotopic (exact) mass is 251 g/mol. The Bertz CT molecular complexity index is 337. The van der Waals surface area contributed by atoms with E-state index in [9.17, 15) is 18.3 Å². The zero-order valence-electron chi connectivity index (χ0n) is 9.42. The Morgan fingerprint density at radius 1 is 1.38 bits per heavy atom. The molecule has 6 nitrogen and oxygen atoms in total. The molecule has 0 spiro atoms. The third-order valence-corrected chi connectivity index (χ3v) is 4.28. The number of carbonyl (C=O) groups excluding carboxylic acids is 1. The topological polar surface area (TPSA) is 83.9 Å². The third-order valence-electron chi connectivity index (χ3n) is 2.67. The van der Waals surface area contributed by atoms with Crippen LogP contribution < -0.4 is 0 Å². The number of aliphatic hydroxyl groups excluding tert-OH is 1. The molecule has 0 radical (unpaired) electrons. The number of rotatable bonds is 3. The highest BCUT2D eigenvalue weighted by atomic mass is 32.2. The van der Waals surface area contributed by atoms with Crippen LogP contribution in [0.25, 0.3) is 0 Å². The van der Waals surface area contributed by atoms with E-state index in [0.29, 0.717) is 0 Å². The second-order valence-electron chi connectivity index (χ2n) is 3.90. The number of ether oxygens (including phenoxy) is 1. The van der Waals surface area contributed by atoms with Crippen molar-refractivity contribution in [2.24, 2.45) is 0 Å². The van der Waals surface area contributed by atoms with E-state index in [-0.39, 0.29) is 24.6 Å². The van der Waals surface area contributed by atoms with E-state index >= 15 is 0 Å². The van der Waals surface area contributed by atoms with Gasteiger partial charge in [-0.05, 0) is 6.92 Å². The quantitative estimate of drug-likeness (QED) is 0.624. The molecule has 1 rings (SSSR count). The van der Waals surface area contributed by atoms with Gasteiger partial charge in [0.05, 0.1) is 24.7 Å². The molecule has 0 aromatic rings. The van der Waals surface area contributed by atoms with E-state index in [4.69, 9.17) is 0 Å². The van der Waals surface area contributed by atoms with Crippen LogP contribution in [0.1, 0.15) is 6.92 Å². The maximum Gasteiger partial charge on any atom is 0.325 e. The average molecular weight is 251 g/mol. The van der Waals surface area contributed by atoms with E-state index in [1.807, 2.05) is 0 Å². The Kier molecular flexibility index (Phi) is 4.28. The second-order valence-corrected chi connectivity index (χ2v) is 6.20. The van der Waals surface area contributed by atoms with Crippen molar-refractivity contribution in [3.05, 3.63) is 0 Å². The van der Waals surface area contributed by atoms with Crippen molar-refractivity contribution in [1.29, 1.82) is 0 Å². The number of sulfone groups is 1. The maximum atomic E-state index is 11.4. The van der Waals surface area contributed by atoms with Crippen molar-refractivity contribution in [2.75, 3.05) is 31.7 Å². The molecular formula is C9H17NO5S. The fourth-order valence-electron chi connectivity index (χ4n) is 1.78. The molecule has 0 aromatic carbocycles. The average Bonchev–Trinajstić information content (AvgIpc) is 2.20. The third kappa shape index (κ3) is 3.16. The number of carbonyl (C=O) groups is 1. The molecule has 1 saturated heterocycles. The van der Waals surface area contributed by atoms with Crippen LogP contribution in [0.4, 0.5) is 0 Å². The van der Waals surface area contributed by atoms with E-state index in [0.717, 1.165) is 0 Å². The molecule has 1 N–H and O–H groups in total. The van der Waals surface area contributed by atoms with Gasteiger partial charge in [-0.15, -0.1) is 0 Å². The predicted octanol–water partition coefficient (Wildman–Crippen LogP) is -1.36. The van der Waals surface area contributed by atoms with E-state index in [2.05, 4.69) is 4.74 Å². The Morgan fingerprint density at radius 3 is 2.25 bits per heavy atom. The summed E-state index contributed by atoms with van der Waals surface area (Å²) in [5.74, 6) is -0.491. The van der Waals surface area contributed by atoms with Crippen LogP contribution >= 0.6 is 0 Å². The van der Waals surface area contributed by atoms with Crippen molar-refractivity contribution < 1.29 is 23.1 Å². The molecule has 1 aliphatic rings. The van der Waals surface area contributed by atoms with Gasteiger partial charge in [0.2, 0.25) is 0 Å². The van der Waals surface area contributed by atoms with E-state index < -0.39 is 28.0 Å². The molecule has 0 aliphatic carbocycles. The van der Waals surface area contributed by atoms with Crippen molar-refractivity contribution in [1.82, 2.24) is 4.90 Å². The van der Waals surface area contributed by atoms with E-state index in [1.165, 1.54) is 14.0 Å². The first-order chi connectivity index (χ1) is 7.37. The molecule has 94 valence electrons. The van der Waals surface area contributed by atoms with Gasteiger partial charge in [-0.2, -0.15) is 0 Å². The number of nitrogens with zero attached hydrogens (tertiary/aromatic N) is 1. The minimum atomic E-state index is -2.98. The molecule has 2 atom stereocenters. The summed E-state index contributed by atoms with van der Waals surface area (Å²) in [6.07, 6.45) is -0.881. The van der Waals surface area contributed by atoms with E-state index in [1.54, 1.807) is 4.90 Å². The normalized spacial score (nSPS) is 24.7. The molecule has 16 heavy (non-hydrogen) atoms. The summed E-state index contributed by atoms with van der Waals surface area (Å²) in [7, 11) is -1.73. The molecule has 1 fully saturated rings. The summed E-state index contributed by atoms with van der Waals surface area (Å²) in [4.78, 5) is 13.1. The Balaban J connectivity index is 2.71. The summed E-state index contributed by atoms with van der Waals surface area (Å²) in [6, 6.07) is -0.777. The number of hydrogen-bond donors (Lipinski definition) is 1. The summed E-state index contributed by atoms with van der Waals surface area (Å²) < 4.78 is 27.0. The molecule has 0 unspecified atom stereocenters. The lowest BCUT2D eigenvalue weighted by atomic mass is 10.1. The SMILES string of the molecule is COC(=O)[C@H]([C@@H](C)O)N1CCS(=O)(=O)CC1. The van der Waals surface area contributed by atoms with Crippen LogP contribution in [0, 0.1) is 0 Å². The molecule has 0 amide bonds. The first-order valence-electron chi connectivity index (χ1n) is 5.08. The molecule has 0 saturated carbocycles. The number of methoxy groups -OCH3 is 1. The lowest BCUT2D eigenvalue weighted by molar-refractivity contribution is -0.151. The van der Waals surface area contributed by atoms with Crippen LogP contribution in [-0.4, -0.2) is 68.2 Å². The smallest absolute Gasteiger partial charge is 0.325 e. The molecule has 7 heteroatoms. The largest absolute Gasteiger partial charge is 0.468 e. The lowest BCUT2D eigenvalue weighted by Gasteiger charge is -2.33. The van der Waals surface area contributed by atoms with Gasteiger partial charge >= 0.3 is 5.97 Å². The van der Waals surface area contributed by atoms with Gasteiger partial charge in [0.15, 0.2) is 9.84 Å². The van der Waals surface area contributed by atoms with Crippen molar-refractivity contribution in [3.63, 3.8) is 0 Å². The molecule has 0 bridgehead atoms. The number of aliphatic hydroxyl groups is 1. The number of esters is 1. The van der Waals surface area contributed by atoms with Gasteiger partial charge in [-0.3, -0.25) is 9.69 Å². The van der Waals surface area contributed by atoms with Crippen molar-refractivity contribution >= 4 is 15.8 Å². The minimum absolute atomic E-state index is 0.0210. The molecule has 1 aliphatic heterocycles. The summed E-state index contributed by atoms with van der Waals surface area (Å²) >= 11 is 0. The van der Waals surface area contributed by atoms with Gasteiger partial charge in [0.1, 0.15) is 6.04 Å². The zero-order chi connectivity index (χ0) is 12.3. The lowest BCUT2D eigenvalue weighted by Crippen LogP contribution is -2.54. The first-order valence-corrected chi connectivity index (χ1v) is 6.90. The van der Waals surface area contributed by atoms with Crippen LogP contribution in [0.15, 0.2) is 0 Å². The summed E-state index contributed by atoms with van der Waals surface area (Å²) in [5, 5.41) is 9.50. The van der Waals surface area contributed by atoms with Crippen LogP contribution in [-0.2, 0) is 19.4 Å². The highest BCUT2D eigenvalue weighted by Gasteiger charge is 2.34. The van der Waals surface area contributed by atoms with Crippen LogP contribution in [0.2, 0.25) is 0 Å². The predicted molar refractivity (Wildman–Crippen MR) is 57.7 cm³/mol. The fraction of sp³-hybridized carbons (Fsp3) is 0.889. The fourth-order valence-corrected chi connectivity index (χ4v) is 3.01. The number of hydrogen-bond acceptors (Lipinski definition) is 6. The van der Waals surface area contributed by atoms with Crippen LogP contribution in [0.3, 0.4) is 0 Å². The van der Waals surface area contributed by atoms with Gasteiger partial charge in [0, 0.05) is 13.1 Å². The highest BCUT2D eigenvalue weighted by molar-refractivity contribution is 7.91. The molecule has 1 heterocycles. The summed E-state index contributed by atoms with van der Waals surface area (Å²) in [6.45, 7) is 2.00. The van der Waals surface area contributed by atoms with Gasteiger partial charge < -0.3 is 9.84 Å². The first kappa shape index (κ1) is 13.4. The van der Waals surface area contributed by atoms with Gasteiger partial charge in [-0.25, -0.2) is 8.42 Å². The molecular weight excluding hydrogens is 234 g/mol. The van der Waals surface area contributed by atoms with Gasteiger partial charge in [0.25, 0.3) is 0 Å². The van der Waals surface area contributed by atoms with Crippen molar-refractivity contribution in [2.45, 2.75) is 19.1 Å². The second kappa shape index (κ2) is 5.11. The van der Waals surface area contributed by atoms with Crippen molar-refractivity contribution in [3.8, 4) is 0 Å². The Labute approximate surface area is 95.1 Å².